The number of carbonyl (C=O) groups is 4. The van der Waals surface area contributed by atoms with Gasteiger partial charge < -0.3 is 33.2 Å². The molecule has 2 aliphatic rings. The molecule has 0 aromatic carbocycles. The second-order valence-corrected chi connectivity index (χ2v) is 9.01. The van der Waals surface area contributed by atoms with E-state index in [1.54, 1.807) is 6.92 Å². The molecule has 2 aliphatic heterocycles. The minimum absolute atomic E-state index is 0.0647. The van der Waals surface area contributed by atoms with Gasteiger partial charge in [0.15, 0.2) is 18.5 Å². The van der Waals surface area contributed by atoms with Crippen molar-refractivity contribution in [2.75, 3.05) is 13.7 Å². The van der Waals surface area contributed by atoms with Crippen LogP contribution in [0, 0.1) is 23.7 Å². The first kappa shape index (κ1) is 28.0. The van der Waals surface area contributed by atoms with Crippen molar-refractivity contribution < 1.29 is 52.3 Å². The zero-order valence-corrected chi connectivity index (χ0v) is 21.0. The maximum Gasteiger partial charge on any atom is 0.337 e. The summed E-state index contributed by atoms with van der Waals surface area (Å²) in [6.45, 7) is 11.5. The summed E-state index contributed by atoms with van der Waals surface area (Å²) >= 11 is 0. The Labute approximate surface area is 199 Å². The summed E-state index contributed by atoms with van der Waals surface area (Å²) in [4.78, 5) is 47.2. The number of esters is 4. The summed E-state index contributed by atoms with van der Waals surface area (Å²) in [6, 6.07) is 0. The lowest BCUT2D eigenvalue weighted by atomic mass is 9.79. The van der Waals surface area contributed by atoms with Crippen LogP contribution < -0.4 is 0 Å². The molecule has 2 rings (SSSR count). The smallest absolute Gasteiger partial charge is 0.337 e. The van der Waals surface area contributed by atoms with Crippen LogP contribution in [0.15, 0.2) is 0 Å². The third-order valence-corrected chi connectivity index (χ3v) is 6.63. The Morgan fingerprint density at radius 3 is 1.85 bits per heavy atom. The minimum Gasteiger partial charge on any atom is -0.467 e. The Hall–Kier alpha value is -2.24. The van der Waals surface area contributed by atoms with Crippen molar-refractivity contribution >= 4 is 23.9 Å². The minimum atomic E-state index is -1.32. The average molecular weight is 489 g/mol. The zero-order chi connectivity index (χ0) is 25.7. The topological polar surface area (TPSA) is 133 Å². The maximum absolute atomic E-state index is 12.6. The van der Waals surface area contributed by atoms with Crippen LogP contribution >= 0.6 is 0 Å². The van der Waals surface area contributed by atoms with Gasteiger partial charge in [0.1, 0.15) is 12.7 Å². The Morgan fingerprint density at radius 1 is 0.706 bits per heavy atom. The summed E-state index contributed by atoms with van der Waals surface area (Å²) in [6.07, 6.45) is -5.77. The van der Waals surface area contributed by atoms with Crippen LogP contribution in [0.5, 0.6) is 0 Å². The number of methoxy groups -OCH3 is 1. The second-order valence-electron chi connectivity index (χ2n) is 9.01. The van der Waals surface area contributed by atoms with Gasteiger partial charge >= 0.3 is 23.9 Å². The van der Waals surface area contributed by atoms with E-state index in [1.807, 2.05) is 20.8 Å². The highest BCUT2D eigenvalue weighted by molar-refractivity contribution is 5.76. The molecule has 0 amide bonds. The van der Waals surface area contributed by atoms with Gasteiger partial charge in [0.25, 0.3) is 0 Å². The molecule has 2 heterocycles. The van der Waals surface area contributed by atoms with Gasteiger partial charge in [-0.05, 0) is 11.8 Å². The molecule has 0 spiro atoms. The van der Waals surface area contributed by atoms with Gasteiger partial charge in [0.2, 0.25) is 6.29 Å². The molecule has 11 heteroatoms. The van der Waals surface area contributed by atoms with E-state index in [2.05, 4.69) is 0 Å². The third-order valence-electron chi connectivity index (χ3n) is 6.63. The predicted molar refractivity (Wildman–Crippen MR) is 115 cm³/mol. The van der Waals surface area contributed by atoms with Crippen LogP contribution in [0.25, 0.3) is 0 Å². The first-order chi connectivity index (χ1) is 15.9. The van der Waals surface area contributed by atoms with Crippen molar-refractivity contribution in [3.8, 4) is 0 Å². The summed E-state index contributed by atoms with van der Waals surface area (Å²) < 4.78 is 38.8. The molecule has 0 N–H and O–H groups in total. The number of hydrogen-bond acceptors (Lipinski definition) is 11. The maximum atomic E-state index is 12.6. The molecule has 2 saturated heterocycles. The Kier molecular flexibility index (Phi) is 9.84. The van der Waals surface area contributed by atoms with Crippen molar-refractivity contribution in [3.63, 3.8) is 0 Å². The molecule has 0 aromatic rings. The van der Waals surface area contributed by atoms with Gasteiger partial charge in [-0.1, -0.05) is 27.7 Å². The van der Waals surface area contributed by atoms with E-state index in [4.69, 9.17) is 33.2 Å². The lowest BCUT2D eigenvalue weighted by molar-refractivity contribution is -0.327. The summed E-state index contributed by atoms with van der Waals surface area (Å²) in [5, 5.41) is 0. The highest BCUT2D eigenvalue weighted by Gasteiger charge is 2.53. The lowest BCUT2D eigenvalue weighted by Crippen LogP contribution is -2.61. The van der Waals surface area contributed by atoms with Crippen molar-refractivity contribution in [3.05, 3.63) is 0 Å². The fourth-order valence-corrected chi connectivity index (χ4v) is 4.31. The molecule has 0 radical (unpaired) electrons. The summed E-state index contributed by atoms with van der Waals surface area (Å²) in [5.41, 5.74) is 0. The molecular weight excluding hydrogens is 452 g/mol. The van der Waals surface area contributed by atoms with E-state index in [9.17, 15) is 19.2 Å². The van der Waals surface area contributed by atoms with E-state index in [-0.39, 0.29) is 24.4 Å². The van der Waals surface area contributed by atoms with Crippen LogP contribution in [0.1, 0.15) is 48.5 Å². The molecule has 34 heavy (non-hydrogen) atoms. The largest absolute Gasteiger partial charge is 0.467 e. The van der Waals surface area contributed by atoms with Crippen LogP contribution in [0.4, 0.5) is 0 Å². The van der Waals surface area contributed by atoms with Gasteiger partial charge in [-0.3, -0.25) is 14.4 Å². The fraction of sp³-hybridized carbons (Fsp3) is 0.826. The van der Waals surface area contributed by atoms with E-state index in [0.29, 0.717) is 0 Å². The van der Waals surface area contributed by atoms with Crippen LogP contribution in [-0.4, -0.2) is 74.6 Å². The van der Waals surface area contributed by atoms with Crippen LogP contribution in [0.2, 0.25) is 0 Å². The van der Waals surface area contributed by atoms with Crippen LogP contribution in [0.3, 0.4) is 0 Å². The molecule has 4 unspecified atom stereocenters. The van der Waals surface area contributed by atoms with Crippen molar-refractivity contribution in [2.45, 2.75) is 85.5 Å². The SMILES string of the molecule is COC(=O)C1O[C@@H](OC(C)=O)C(OC(C)=O)[C@@H](C)[C@@H]1O[C@H]1OC(COC(C)=O)[C@@H](C)[C@H](C)C1C. The number of rotatable bonds is 7. The molecular formula is C23H36O11. The molecule has 11 nitrogen and oxygen atoms in total. The molecule has 2 fully saturated rings. The van der Waals surface area contributed by atoms with E-state index >= 15 is 0 Å². The molecule has 194 valence electrons. The summed E-state index contributed by atoms with van der Waals surface area (Å²) in [5.74, 6) is -2.95. The van der Waals surface area contributed by atoms with Gasteiger partial charge in [-0.2, -0.15) is 0 Å². The Morgan fingerprint density at radius 2 is 1.32 bits per heavy atom. The monoisotopic (exact) mass is 488 g/mol. The van der Waals surface area contributed by atoms with Crippen molar-refractivity contribution in [2.24, 2.45) is 23.7 Å². The first-order valence-corrected chi connectivity index (χ1v) is 11.4. The number of ether oxygens (including phenoxy) is 7. The fourth-order valence-electron chi connectivity index (χ4n) is 4.31. The molecule has 10 atom stereocenters. The second kappa shape index (κ2) is 11.9. The van der Waals surface area contributed by atoms with Gasteiger partial charge in [0, 0.05) is 32.6 Å². The van der Waals surface area contributed by atoms with E-state index in [0.717, 1.165) is 0 Å². The number of hydrogen-bond donors (Lipinski definition) is 0. The van der Waals surface area contributed by atoms with Gasteiger partial charge in [-0.25, -0.2) is 4.79 Å². The quantitative estimate of drug-likeness (QED) is 0.382. The van der Waals surface area contributed by atoms with Gasteiger partial charge in [0.05, 0.1) is 13.2 Å². The first-order valence-electron chi connectivity index (χ1n) is 11.4. The molecule has 0 aliphatic carbocycles. The third kappa shape index (κ3) is 6.67. The van der Waals surface area contributed by atoms with Crippen LogP contribution in [-0.2, 0) is 52.3 Å². The summed E-state index contributed by atoms with van der Waals surface area (Å²) in [7, 11) is 1.20. The van der Waals surface area contributed by atoms with E-state index < -0.39 is 66.8 Å². The van der Waals surface area contributed by atoms with Crippen molar-refractivity contribution in [1.82, 2.24) is 0 Å². The highest BCUT2D eigenvalue weighted by atomic mass is 16.8. The Bertz CT molecular complexity index is 753. The molecule has 0 saturated carbocycles. The predicted octanol–water partition coefficient (Wildman–Crippen LogP) is 1.60. The normalized spacial score (nSPS) is 37.9. The average Bonchev–Trinajstić information content (AvgIpc) is 2.75. The van der Waals surface area contributed by atoms with Gasteiger partial charge in [-0.15, -0.1) is 0 Å². The van der Waals surface area contributed by atoms with E-state index in [1.165, 1.54) is 27.9 Å². The molecule has 0 aromatic heterocycles. The lowest BCUT2D eigenvalue weighted by Gasteiger charge is -2.48. The standard InChI is InChI=1S/C23H36O11/c1-10-11(2)17(9-29-14(5)24)32-22(12(10)3)33-18-13(4)19(30-15(6)25)23(31-16(7)26)34-20(18)21(27)28-8/h10-13,17-20,22-23H,9H2,1-8H3/t10-,11-,12?,13-,17?,18-,19?,20?,22+,23+/m0/s1. The highest BCUT2D eigenvalue weighted by Crippen LogP contribution is 2.39. The zero-order valence-electron chi connectivity index (χ0n) is 21.0. The number of carbonyl (C=O) groups excluding carboxylic acids is 4. The Balaban J connectivity index is 2.32. The molecule has 0 bridgehead atoms. The van der Waals surface area contributed by atoms with Crippen molar-refractivity contribution in [1.29, 1.82) is 0 Å².